The van der Waals surface area contributed by atoms with Crippen LogP contribution in [0, 0.1) is 17.7 Å². The summed E-state index contributed by atoms with van der Waals surface area (Å²) in [7, 11) is 0. The molecule has 3 nitrogen and oxygen atoms in total. The summed E-state index contributed by atoms with van der Waals surface area (Å²) >= 11 is 0. The van der Waals surface area contributed by atoms with Crippen LogP contribution in [0.4, 0.5) is 4.39 Å². The molecule has 2 aliphatic heterocycles. The van der Waals surface area contributed by atoms with Crippen LogP contribution in [0.15, 0.2) is 24.3 Å². The highest BCUT2D eigenvalue weighted by atomic mass is 35.5. The van der Waals surface area contributed by atoms with Crippen molar-refractivity contribution in [3.05, 3.63) is 35.6 Å². The van der Waals surface area contributed by atoms with Crippen molar-refractivity contribution >= 4 is 18.3 Å². The van der Waals surface area contributed by atoms with Crippen LogP contribution in [0.1, 0.15) is 37.8 Å². The largest absolute Gasteiger partial charge is 0.335 e. The molecule has 2 fully saturated rings. The van der Waals surface area contributed by atoms with E-state index in [1.54, 1.807) is 12.1 Å². The quantitative estimate of drug-likeness (QED) is 0.905. The molecule has 0 aliphatic carbocycles. The molecule has 3 rings (SSSR count). The molecule has 2 heterocycles. The molecule has 0 spiro atoms. The molecular weight excluding hydrogens is 303 g/mol. The maximum atomic E-state index is 13.5. The fourth-order valence-electron chi connectivity index (χ4n) is 3.70. The summed E-state index contributed by atoms with van der Waals surface area (Å²) in [6.07, 6.45) is 2.83. The zero-order valence-electron chi connectivity index (χ0n) is 12.9. The number of piperidine rings is 1. The molecule has 1 N–H and O–H groups in total. The van der Waals surface area contributed by atoms with Gasteiger partial charge in [-0.2, -0.15) is 0 Å². The zero-order chi connectivity index (χ0) is 14.8. The van der Waals surface area contributed by atoms with E-state index < -0.39 is 0 Å². The van der Waals surface area contributed by atoms with E-state index in [1.807, 2.05) is 11.0 Å². The minimum Gasteiger partial charge on any atom is -0.335 e. The number of rotatable bonds is 2. The number of nitrogens with zero attached hydrogens (tertiary/aromatic N) is 1. The van der Waals surface area contributed by atoms with Crippen molar-refractivity contribution in [2.24, 2.45) is 11.8 Å². The summed E-state index contributed by atoms with van der Waals surface area (Å²) in [6, 6.07) is 6.75. The molecule has 1 aromatic rings. The Kier molecular flexibility index (Phi) is 5.81. The standard InChI is InChI=1S/C17H23FN2O.ClH/c1-12-7-10-20(17(21)13-5-8-19-9-6-13)16(12)14-3-2-4-15(18)11-14;/h2-4,11-13,16,19H,5-10H2,1H3;1H. The summed E-state index contributed by atoms with van der Waals surface area (Å²) < 4.78 is 13.5. The summed E-state index contributed by atoms with van der Waals surface area (Å²) in [5.41, 5.74) is 0.933. The van der Waals surface area contributed by atoms with Crippen LogP contribution in [-0.2, 0) is 4.79 Å². The van der Waals surface area contributed by atoms with E-state index in [0.717, 1.165) is 44.5 Å². The van der Waals surface area contributed by atoms with Gasteiger partial charge in [-0.3, -0.25) is 4.79 Å². The molecule has 0 bridgehead atoms. The Morgan fingerprint density at radius 2 is 2.00 bits per heavy atom. The summed E-state index contributed by atoms with van der Waals surface area (Å²) in [5.74, 6) is 0.557. The Hall–Kier alpha value is -1.13. The van der Waals surface area contributed by atoms with Crippen LogP contribution < -0.4 is 5.32 Å². The normalized spacial score (nSPS) is 25.8. The van der Waals surface area contributed by atoms with E-state index in [-0.39, 0.29) is 36.1 Å². The molecular formula is C17H24ClFN2O. The van der Waals surface area contributed by atoms with Gasteiger partial charge in [0.1, 0.15) is 5.82 Å². The highest BCUT2D eigenvalue weighted by Crippen LogP contribution is 2.38. The Labute approximate surface area is 137 Å². The summed E-state index contributed by atoms with van der Waals surface area (Å²) in [6.45, 7) is 4.80. The van der Waals surface area contributed by atoms with E-state index >= 15 is 0 Å². The molecule has 0 saturated carbocycles. The SMILES string of the molecule is CC1CCN(C(=O)C2CCNCC2)C1c1cccc(F)c1.Cl. The van der Waals surface area contributed by atoms with Gasteiger partial charge in [0.15, 0.2) is 0 Å². The minimum atomic E-state index is -0.221. The highest BCUT2D eigenvalue weighted by molar-refractivity contribution is 5.85. The average Bonchev–Trinajstić information content (AvgIpc) is 2.89. The Balaban J connectivity index is 0.00000176. The fraction of sp³-hybridized carbons (Fsp3) is 0.588. The second-order valence-electron chi connectivity index (χ2n) is 6.32. The first-order chi connectivity index (χ1) is 10.2. The van der Waals surface area contributed by atoms with Gasteiger partial charge < -0.3 is 10.2 Å². The van der Waals surface area contributed by atoms with Crippen LogP contribution in [0.25, 0.3) is 0 Å². The maximum Gasteiger partial charge on any atom is 0.226 e. The average molecular weight is 327 g/mol. The highest BCUT2D eigenvalue weighted by Gasteiger charge is 2.38. The van der Waals surface area contributed by atoms with E-state index in [0.29, 0.717) is 5.92 Å². The van der Waals surface area contributed by atoms with Gasteiger partial charge in [-0.25, -0.2) is 4.39 Å². The van der Waals surface area contributed by atoms with Gasteiger partial charge in [-0.1, -0.05) is 19.1 Å². The van der Waals surface area contributed by atoms with Crippen molar-refractivity contribution in [2.45, 2.75) is 32.2 Å². The molecule has 122 valence electrons. The Bertz CT molecular complexity index is 519. The molecule has 2 aliphatic rings. The first kappa shape index (κ1) is 17.2. The zero-order valence-corrected chi connectivity index (χ0v) is 13.7. The number of likely N-dealkylation sites (tertiary alicyclic amines) is 1. The van der Waals surface area contributed by atoms with E-state index in [1.165, 1.54) is 6.07 Å². The van der Waals surface area contributed by atoms with Crippen molar-refractivity contribution in [3.63, 3.8) is 0 Å². The predicted molar refractivity (Wildman–Crippen MR) is 87.5 cm³/mol. The maximum absolute atomic E-state index is 13.5. The van der Waals surface area contributed by atoms with E-state index in [9.17, 15) is 9.18 Å². The number of hydrogen-bond acceptors (Lipinski definition) is 2. The minimum absolute atomic E-state index is 0. The van der Waals surface area contributed by atoms with Crippen LogP contribution >= 0.6 is 12.4 Å². The Morgan fingerprint density at radius 1 is 1.27 bits per heavy atom. The molecule has 2 unspecified atom stereocenters. The third kappa shape index (κ3) is 3.44. The number of benzene rings is 1. The second kappa shape index (κ2) is 7.42. The number of carbonyl (C=O) groups is 1. The summed E-state index contributed by atoms with van der Waals surface area (Å²) in [4.78, 5) is 14.8. The van der Waals surface area contributed by atoms with E-state index in [2.05, 4.69) is 12.2 Å². The van der Waals surface area contributed by atoms with Gasteiger partial charge in [0.2, 0.25) is 5.91 Å². The predicted octanol–water partition coefficient (Wildman–Crippen LogP) is 3.16. The van der Waals surface area contributed by atoms with Gasteiger partial charge in [0.05, 0.1) is 6.04 Å². The first-order valence-corrected chi connectivity index (χ1v) is 7.93. The number of halogens is 2. The molecule has 0 radical (unpaired) electrons. The van der Waals surface area contributed by atoms with Crippen LogP contribution in [0.2, 0.25) is 0 Å². The molecule has 1 aromatic carbocycles. The lowest BCUT2D eigenvalue weighted by Gasteiger charge is -2.32. The van der Waals surface area contributed by atoms with Crippen molar-refractivity contribution in [1.29, 1.82) is 0 Å². The molecule has 22 heavy (non-hydrogen) atoms. The third-order valence-electron chi connectivity index (χ3n) is 4.86. The lowest BCUT2D eigenvalue weighted by atomic mass is 9.92. The van der Waals surface area contributed by atoms with E-state index in [4.69, 9.17) is 0 Å². The number of nitrogens with one attached hydrogen (secondary N) is 1. The number of carbonyl (C=O) groups excluding carboxylic acids is 1. The van der Waals surface area contributed by atoms with Crippen LogP contribution in [0.3, 0.4) is 0 Å². The second-order valence-corrected chi connectivity index (χ2v) is 6.32. The van der Waals surface area contributed by atoms with Crippen molar-refractivity contribution in [2.75, 3.05) is 19.6 Å². The van der Waals surface area contributed by atoms with Crippen LogP contribution in [-0.4, -0.2) is 30.4 Å². The smallest absolute Gasteiger partial charge is 0.226 e. The first-order valence-electron chi connectivity index (χ1n) is 7.93. The van der Waals surface area contributed by atoms with Crippen LogP contribution in [0.5, 0.6) is 0 Å². The van der Waals surface area contributed by atoms with Gasteiger partial charge in [-0.15, -0.1) is 12.4 Å². The van der Waals surface area contributed by atoms with Crippen molar-refractivity contribution in [3.8, 4) is 0 Å². The lowest BCUT2D eigenvalue weighted by molar-refractivity contribution is -0.137. The monoisotopic (exact) mass is 326 g/mol. The topological polar surface area (TPSA) is 32.3 Å². The lowest BCUT2D eigenvalue weighted by Crippen LogP contribution is -2.41. The Morgan fingerprint density at radius 3 is 2.68 bits per heavy atom. The molecule has 1 amide bonds. The number of amides is 1. The van der Waals surface area contributed by atoms with Crippen molar-refractivity contribution < 1.29 is 9.18 Å². The summed E-state index contributed by atoms with van der Waals surface area (Å²) in [5, 5.41) is 3.30. The van der Waals surface area contributed by atoms with Gasteiger partial charge in [0.25, 0.3) is 0 Å². The number of hydrogen-bond donors (Lipinski definition) is 1. The fourth-order valence-corrected chi connectivity index (χ4v) is 3.70. The third-order valence-corrected chi connectivity index (χ3v) is 4.86. The molecule has 5 heteroatoms. The van der Waals surface area contributed by atoms with Crippen molar-refractivity contribution in [1.82, 2.24) is 10.2 Å². The molecule has 0 aromatic heterocycles. The molecule has 2 atom stereocenters. The molecule has 2 saturated heterocycles. The van der Waals surface area contributed by atoms with Gasteiger partial charge >= 0.3 is 0 Å². The van der Waals surface area contributed by atoms with Gasteiger partial charge in [-0.05, 0) is 56.0 Å². The van der Waals surface area contributed by atoms with Gasteiger partial charge in [0, 0.05) is 12.5 Å².